The third kappa shape index (κ3) is 3.85. The SMILES string of the molecule is C=CCNC(=O)c1nc(C(=O)NCc2cccc(C)c2)c2n1CCCC2. The Morgan fingerprint density at radius 1 is 1.27 bits per heavy atom. The molecule has 0 spiro atoms. The fraction of sp³-hybridized carbons (Fsp3) is 0.350. The van der Waals surface area contributed by atoms with Gasteiger partial charge in [0.05, 0.1) is 5.69 Å². The minimum atomic E-state index is -0.272. The third-order valence-corrected chi connectivity index (χ3v) is 4.48. The number of carbonyl (C=O) groups excluding carboxylic acids is 2. The van der Waals surface area contributed by atoms with Crippen LogP contribution in [0.3, 0.4) is 0 Å². The molecule has 1 aliphatic heterocycles. The molecule has 0 fully saturated rings. The lowest BCUT2D eigenvalue weighted by atomic mass is 10.1. The van der Waals surface area contributed by atoms with Gasteiger partial charge in [-0.1, -0.05) is 35.9 Å². The molecule has 136 valence electrons. The average Bonchev–Trinajstić information content (AvgIpc) is 3.04. The molecule has 6 nitrogen and oxygen atoms in total. The first-order valence-electron chi connectivity index (χ1n) is 8.92. The summed E-state index contributed by atoms with van der Waals surface area (Å²) < 4.78 is 1.88. The summed E-state index contributed by atoms with van der Waals surface area (Å²) >= 11 is 0. The molecule has 1 aromatic heterocycles. The molecule has 1 aliphatic rings. The van der Waals surface area contributed by atoms with Crippen molar-refractivity contribution in [3.63, 3.8) is 0 Å². The molecule has 2 aromatic rings. The van der Waals surface area contributed by atoms with Crippen LogP contribution in [0, 0.1) is 6.92 Å². The van der Waals surface area contributed by atoms with E-state index in [1.54, 1.807) is 6.08 Å². The van der Waals surface area contributed by atoms with Gasteiger partial charge in [0, 0.05) is 19.6 Å². The van der Waals surface area contributed by atoms with Crippen LogP contribution in [0.5, 0.6) is 0 Å². The van der Waals surface area contributed by atoms with E-state index in [-0.39, 0.29) is 11.8 Å². The van der Waals surface area contributed by atoms with Gasteiger partial charge in [0.25, 0.3) is 11.8 Å². The molecular formula is C20H24N4O2. The van der Waals surface area contributed by atoms with Crippen molar-refractivity contribution in [1.29, 1.82) is 0 Å². The van der Waals surface area contributed by atoms with E-state index in [0.29, 0.717) is 31.2 Å². The van der Waals surface area contributed by atoms with Crippen LogP contribution in [-0.2, 0) is 19.5 Å². The zero-order valence-electron chi connectivity index (χ0n) is 15.0. The van der Waals surface area contributed by atoms with Crippen molar-refractivity contribution in [2.45, 2.75) is 39.3 Å². The van der Waals surface area contributed by atoms with Crippen LogP contribution >= 0.6 is 0 Å². The van der Waals surface area contributed by atoms with Crippen LogP contribution in [0.4, 0.5) is 0 Å². The Bertz CT molecular complexity index is 838. The number of imidazole rings is 1. The Morgan fingerprint density at radius 3 is 2.88 bits per heavy atom. The van der Waals surface area contributed by atoms with Gasteiger partial charge in [0.2, 0.25) is 0 Å². The molecule has 0 unspecified atom stereocenters. The molecule has 2 N–H and O–H groups in total. The Kier molecular flexibility index (Phi) is 5.51. The zero-order valence-corrected chi connectivity index (χ0v) is 15.0. The highest BCUT2D eigenvalue weighted by molar-refractivity contribution is 5.97. The predicted octanol–water partition coefficient (Wildman–Crippen LogP) is 2.37. The number of hydrogen-bond acceptors (Lipinski definition) is 3. The van der Waals surface area contributed by atoms with E-state index in [0.717, 1.165) is 36.1 Å². The van der Waals surface area contributed by atoms with Crippen LogP contribution in [0.15, 0.2) is 36.9 Å². The van der Waals surface area contributed by atoms with Crippen molar-refractivity contribution in [3.05, 3.63) is 65.3 Å². The normalized spacial score (nSPS) is 13.0. The molecule has 0 bridgehead atoms. The minimum Gasteiger partial charge on any atom is -0.347 e. The van der Waals surface area contributed by atoms with E-state index in [9.17, 15) is 9.59 Å². The lowest BCUT2D eigenvalue weighted by Gasteiger charge is -2.17. The highest BCUT2D eigenvalue weighted by Gasteiger charge is 2.27. The predicted molar refractivity (Wildman–Crippen MR) is 100 cm³/mol. The van der Waals surface area contributed by atoms with Crippen molar-refractivity contribution >= 4 is 11.8 Å². The first-order valence-corrected chi connectivity index (χ1v) is 8.92. The topological polar surface area (TPSA) is 76.0 Å². The van der Waals surface area contributed by atoms with Gasteiger partial charge in [-0.3, -0.25) is 9.59 Å². The zero-order chi connectivity index (χ0) is 18.5. The first-order chi connectivity index (χ1) is 12.6. The van der Waals surface area contributed by atoms with Gasteiger partial charge in [0.15, 0.2) is 5.82 Å². The Labute approximate surface area is 153 Å². The number of rotatable bonds is 6. The lowest BCUT2D eigenvalue weighted by molar-refractivity contribution is 0.0941. The number of nitrogens with zero attached hydrogens (tertiary/aromatic N) is 2. The maximum atomic E-state index is 12.7. The monoisotopic (exact) mass is 352 g/mol. The Hall–Kier alpha value is -2.89. The second-order valence-electron chi connectivity index (χ2n) is 6.51. The maximum absolute atomic E-state index is 12.7. The van der Waals surface area contributed by atoms with Crippen molar-refractivity contribution in [2.75, 3.05) is 6.54 Å². The van der Waals surface area contributed by atoms with Gasteiger partial charge in [-0.2, -0.15) is 0 Å². The van der Waals surface area contributed by atoms with Crippen LogP contribution < -0.4 is 10.6 Å². The van der Waals surface area contributed by atoms with Crippen LogP contribution in [0.2, 0.25) is 0 Å². The molecule has 0 radical (unpaired) electrons. The summed E-state index contributed by atoms with van der Waals surface area (Å²) in [5, 5.41) is 5.67. The van der Waals surface area contributed by atoms with Crippen molar-refractivity contribution in [2.24, 2.45) is 0 Å². The molecule has 26 heavy (non-hydrogen) atoms. The van der Waals surface area contributed by atoms with E-state index in [1.165, 1.54) is 0 Å². The van der Waals surface area contributed by atoms with Gasteiger partial charge in [-0.15, -0.1) is 6.58 Å². The van der Waals surface area contributed by atoms with E-state index in [1.807, 2.05) is 35.8 Å². The summed E-state index contributed by atoms with van der Waals surface area (Å²) in [7, 11) is 0. The number of amides is 2. The number of aromatic nitrogens is 2. The van der Waals surface area contributed by atoms with Crippen LogP contribution in [-0.4, -0.2) is 27.9 Å². The molecule has 2 amide bonds. The van der Waals surface area contributed by atoms with Crippen molar-refractivity contribution < 1.29 is 9.59 Å². The van der Waals surface area contributed by atoms with Crippen molar-refractivity contribution in [3.8, 4) is 0 Å². The number of aryl methyl sites for hydroxylation is 1. The smallest absolute Gasteiger partial charge is 0.287 e. The van der Waals surface area contributed by atoms with E-state index >= 15 is 0 Å². The molecule has 3 rings (SSSR count). The Morgan fingerprint density at radius 2 is 2.12 bits per heavy atom. The summed E-state index contributed by atoms with van der Waals surface area (Å²) in [5.74, 6) is -0.201. The third-order valence-electron chi connectivity index (χ3n) is 4.48. The molecule has 0 saturated heterocycles. The molecular weight excluding hydrogens is 328 g/mol. The summed E-state index contributed by atoms with van der Waals surface area (Å²) in [6.45, 7) is 7.14. The van der Waals surface area contributed by atoms with E-state index in [2.05, 4.69) is 22.2 Å². The summed E-state index contributed by atoms with van der Waals surface area (Å²) in [5.41, 5.74) is 3.40. The molecule has 6 heteroatoms. The number of fused-ring (bicyclic) bond motifs is 1. The van der Waals surface area contributed by atoms with Crippen LogP contribution in [0.25, 0.3) is 0 Å². The van der Waals surface area contributed by atoms with Gasteiger partial charge >= 0.3 is 0 Å². The molecule has 2 heterocycles. The van der Waals surface area contributed by atoms with Crippen LogP contribution in [0.1, 0.15) is 50.8 Å². The summed E-state index contributed by atoms with van der Waals surface area (Å²) in [6.07, 6.45) is 4.36. The molecule has 0 atom stereocenters. The number of carbonyl (C=O) groups is 2. The highest BCUT2D eigenvalue weighted by atomic mass is 16.2. The Balaban J connectivity index is 1.80. The number of nitrogens with one attached hydrogen (secondary N) is 2. The fourth-order valence-corrected chi connectivity index (χ4v) is 3.23. The highest BCUT2D eigenvalue weighted by Crippen LogP contribution is 2.21. The number of benzene rings is 1. The standard InChI is InChI=1S/C20H24N4O2/c1-3-10-21-20(26)18-23-17(16-9-4-5-11-24(16)18)19(25)22-13-15-8-6-7-14(2)12-15/h3,6-8,12H,1,4-5,9-11,13H2,2H3,(H,21,26)(H,22,25). The second kappa shape index (κ2) is 7.99. The second-order valence-corrected chi connectivity index (χ2v) is 6.51. The molecule has 1 aromatic carbocycles. The largest absolute Gasteiger partial charge is 0.347 e. The molecule has 0 saturated carbocycles. The van der Waals surface area contributed by atoms with Gasteiger partial charge in [-0.25, -0.2) is 4.98 Å². The van der Waals surface area contributed by atoms with Gasteiger partial charge in [-0.05, 0) is 31.7 Å². The van der Waals surface area contributed by atoms with Crippen molar-refractivity contribution in [1.82, 2.24) is 20.2 Å². The molecule has 0 aliphatic carbocycles. The average molecular weight is 352 g/mol. The lowest BCUT2D eigenvalue weighted by Crippen LogP contribution is -2.28. The first kappa shape index (κ1) is 17.9. The maximum Gasteiger partial charge on any atom is 0.287 e. The van der Waals surface area contributed by atoms with E-state index < -0.39 is 0 Å². The number of hydrogen-bond donors (Lipinski definition) is 2. The van der Waals surface area contributed by atoms with Gasteiger partial charge < -0.3 is 15.2 Å². The quantitative estimate of drug-likeness (QED) is 0.784. The van der Waals surface area contributed by atoms with Gasteiger partial charge in [0.1, 0.15) is 5.69 Å². The van der Waals surface area contributed by atoms with E-state index in [4.69, 9.17) is 0 Å². The minimum absolute atomic E-state index is 0.236. The fourth-order valence-electron chi connectivity index (χ4n) is 3.23. The summed E-state index contributed by atoms with van der Waals surface area (Å²) in [6, 6.07) is 8.00. The summed E-state index contributed by atoms with van der Waals surface area (Å²) in [4.78, 5) is 29.4.